The first-order chi connectivity index (χ1) is 13.2. The fraction of sp³-hybridized carbons (Fsp3) is 0.188. The quantitative estimate of drug-likeness (QED) is 0.305. The van der Waals surface area contributed by atoms with Gasteiger partial charge in [-0.1, -0.05) is 11.6 Å². The Balaban J connectivity index is 2.31. The van der Waals surface area contributed by atoms with E-state index in [1.807, 2.05) is 0 Å². The van der Waals surface area contributed by atoms with E-state index in [-0.39, 0.29) is 31.3 Å². The molecule has 1 aromatic heterocycles. The Kier molecular flexibility index (Phi) is 6.89. The molecule has 0 radical (unpaired) electrons. The lowest BCUT2D eigenvalue weighted by Gasteiger charge is -2.11. The molecule has 0 unspecified atom stereocenters. The molecular formula is C16H14ClN3O6S2. The van der Waals surface area contributed by atoms with Gasteiger partial charge in [-0.3, -0.25) is 10.1 Å². The predicted octanol–water partition coefficient (Wildman–Crippen LogP) is 4.00. The normalized spacial score (nSPS) is 10.1. The third-order valence-electron chi connectivity index (χ3n) is 3.53. The first-order valence-electron chi connectivity index (χ1n) is 7.51. The maximum Gasteiger partial charge on any atom is 0.348 e. The molecule has 0 saturated heterocycles. The Morgan fingerprint density at radius 2 is 1.86 bits per heavy atom. The van der Waals surface area contributed by atoms with Crippen molar-refractivity contribution in [3.8, 4) is 0 Å². The van der Waals surface area contributed by atoms with Gasteiger partial charge in [-0.05, 0) is 36.8 Å². The Hall–Kier alpha value is -2.76. The second kappa shape index (κ2) is 8.95. The van der Waals surface area contributed by atoms with Gasteiger partial charge in [0.2, 0.25) is 0 Å². The average molecular weight is 444 g/mol. The number of nitro groups is 1. The Morgan fingerprint density at radius 3 is 2.43 bits per heavy atom. The number of benzene rings is 1. The van der Waals surface area contributed by atoms with Crippen molar-refractivity contribution in [1.29, 1.82) is 0 Å². The van der Waals surface area contributed by atoms with E-state index in [0.29, 0.717) is 11.3 Å². The third-order valence-corrected chi connectivity index (χ3v) is 5.25. The van der Waals surface area contributed by atoms with E-state index < -0.39 is 16.9 Å². The molecular weight excluding hydrogens is 430 g/mol. The number of nitro benzene ring substituents is 1. The van der Waals surface area contributed by atoms with Gasteiger partial charge in [-0.2, -0.15) is 0 Å². The molecule has 0 amide bonds. The number of ether oxygens (including phenoxy) is 2. The number of hydrogen-bond donors (Lipinski definition) is 2. The number of halogens is 1. The van der Waals surface area contributed by atoms with Gasteiger partial charge in [-0.15, -0.1) is 11.3 Å². The molecule has 2 aromatic rings. The highest BCUT2D eigenvalue weighted by molar-refractivity contribution is 7.80. The molecule has 28 heavy (non-hydrogen) atoms. The smallest absolute Gasteiger partial charge is 0.348 e. The summed E-state index contributed by atoms with van der Waals surface area (Å²) in [7, 11) is 2.44. The van der Waals surface area contributed by atoms with E-state index in [1.54, 1.807) is 6.92 Å². The van der Waals surface area contributed by atoms with Crippen molar-refractivity contribution in [2.45, 2.75) is 6.92 Å². The van der Waals surface area contributed by atoms with Crippen molar-refractivity contribution in [3.63, 3.8) is 0 Å². The average Bonchev–Trinajstić information content (AvgIpc) is 2.97. The van der Waals surface area contributed by atoms with Crippen LogP contribution in [0.5, 0.6) is 0 Å². The van der Waals surface area contributed by atoms with Gasteiger partial charge in [0.25, 0.3) is 5.69 Å². The van der Waals surface area contributed by atoms with Crippen molar-refractivity contribution >= 4 is 68.6 Å². The van der Waals surface area contributed by atoms with Crippen LogP contribution in [0.2, 0.25) is 5.02 Å². The predicted molar refractivity (Wildman–Crippen MR) is 110 cm³/mol. The summed E-state index contributed by atoms with van der Waals surface area (Å²) in [6.07, 6.45) is 0. The first kappa shape index (κ1) is 21.5. The highest BCUT2D eigenvalue weighted by atomic mass is 35.5. The Morgan fingerprint density at radius 1 is 1.21 bits per heavy atom. The number of thiophene rings is 1. The largest absolute Gasteiger partial charge is 0.465 e. The van der Waals surface area contributed by atoms with Crippen molar-refractivity contribution in [1.82, 2.24) is 0 Å². The molecule has 12 heteroatoms. The molecule has 0 spiro atoms. The molecule has 0 aliphatic rings. The molecule has 0 saturated carbocycles. The van der Waals surface area contributed by atoms with Crippen LogP contribution in [0.25, 0.3) is 0 Å². The number of rotatable bonds is 5. The second-order valence-corrected chi connectivity index (χ2v) is 7.08. The Bertz CT molecular complexity index is 976. The number of anilines is 2. The number of nitrogens with one attached hydrogen (secondary N) is 2. The molecule has 9 nitrogen and oxygen atoms in total. The fourth-order valence-electron chi connectivity index (χ4n) is 2.23. The topological polar surface area (TPSA) is 120 Å². The van der Waals surface area contributed by atoms with E-state index >= 15 is 0 Å². The molecule has 0 bridgehead atoms. The number of nitrogens with zero attached hydrogens (tertiary/aromatic N) is 1. The van der Waals surface area contributed by atoms with Crippen LogP contribution in [0.4, 0.5) is 16.4 Å². The highest BCUT2D eigenvalue weighted by Gasteiger charge is 2.26. The summed E-state index contributed by atoms with van der Waals surface area (Å²) >= 11 is 12.0. The number of methoxy groups -OCH3 is 2. The van der Waals surface area contributed by atoms with E-state index in [0.717, 1.165) is 11.3 Å². The fourth-order valence-corrected chi connectivity index (χ4v) is 3.82. The lowest BCUT2D eigenvalue weighted by molar-refractivity contribution is -0.384. The summed E-state index contributed by atoms with van der Waals surface area (Å²) in [5, 5.41) is 16.9. The van der Waals surface area contributed by atoms with Crippen LogP contribution in [-0.4, -0.2) is 36.2 Å². The number of thiocarbonyl (C=S) groups is 1. The summed E-state index contributed by atoms with van der Waals surface area (Å²) in [6, 6.07) is 4.08. The minimum absolute atomic E-state index is 0.0148. The monoisotopic (exact) mass is 443 g/mol. The van der Waals surface area contributed by atoms with E-state index in [2.05, 4.69) is 10.6 Å². The van der Waals surface area contributed by atoms with Crippen molar-refractivity contribution < 1.29 is 24.0 Å². The van der Waals surface area contributed by atoms with Gasteiger partial charge in [0, 0.05) is 11.8 Å². The molecule has 1 aromatic carbocycles. The molecule has 0 aliphatic heterocycles. The Labute approximate surface area is 173 Å². The molecule has 0 aliphatic carbocycles. The van der Waals surface area contributed by atoms with E-state index in [9.17, 15) is 19.7 Å². The number of hydrogen-bond acceptors (Lipinski definition) is 8. The summed E-state index contributed by atoms with van der Waals surface area (Å²) in [5.74, 6) is -1.26. The lowest BCUT2D eigenvalue weighted by Crippen LogP contribution is -2.20. The van der Waals surface area contributed by atoms with Gasteiger partial charge in [0.05, 0.1) is 24.7 Å². The molecule has 148 valence electrons. The highest BCUT2D eigenvalue weighted by Crippen LogP contribution is 2.34. The number of esters is 2. The van der Waals surface area contributed by atoms with Gasteiger partial charge in [0.1, 0.15) is 14.9 Å². The standard InChI is InChI=1S/C16H14ClN3O6S2/c1-7-11(14(21)25-2)13(28-12(7)15(22)26-3)19-16(27)18-8-4-5-9(17)10(6-8)20(23)24/h4-6H,1-3H3,(H2,18,19,27). The molecule has 2 rings (SSSR count). The lowest BCUT2D eigenvalue weighted by atomic mass is 10.1. The van der Waals surface area contributed by atoms with E-state index in [4.69, 9.17) is 33.3 Å². The van der Waals surface area contributed by atoms with Crippen LogP contribution in [0.3, 0.4) is 0 Å². The summed E-state index contributed by atoms with van der Waals surface area (Å²) < 4.78 is 9.47. The van der Waals surface area contributed by atoms with Crippen LogP contribution in [-0.2, 0) is 9.47 Å². The van der Waals surface area contributed by atoms with Gasteiger partial charge in [0.15, 0.2) is 5.11 Å². The van der Waals surface area contributed by atoms with Gasteiger partial charge in [-0.25, -0.2) is 9.59 Å². The van der Waals surface area contributed by atoms with Gasteiger partial charge >= 0.3 is 11.9 Å². The van der Waals surface area contributed by atoms with Crippen molar-refractivity contribution in [3.05, 3.63) is 49.3 Å². The SMILES string of the molecule is COC(=O)c1sc(NC(=S)Nc2ccc(Cl)c([N+](=O)[O-])c2)c(C(=O)OC)c1C. The molecule has 0 atom stereocenters. The maximum atomic E-state index is 12.1. The molecule has 0 fully saturated rings. The van der Waals surface area contributed by atoms with Crippen LogP contribution in [0.15, 0.2) is 18.2 Å². The summed E-state index contributed by atoms with van der Waals surface area (Å²) in [4.78, 5) is 34.6. The minimum atomic E-state index is -0.656. The van der Waals surface area contributed by atoms with Gasteiger partial charge < -0.3 is 20.1 Å². The zero-order chi connectivity index (χ0) is 21.0. The first-order valence-corrected chi connectivity index (χ1v) is 9.11. The second-order valence-electron chi connectivity index (χ2n) is 5.25. The summed E-state index contributed by atoms with van der Waals surface area (Å²) in [5.41, 5.74) is 0.551. The van der Waals surface area contributed by atoms with Crippen LogP contribution >= 0.6 is 35.2 Å². The third kappa shape index (κ3) is 4.55. The zero-order valence-electron chi connectivity index (χ0n) is 14.8. The number of carbonyl (C=O) groups is 2. The van der Waals surface area contributed by atoms with Crippen molar-refractivity contribution in [2.75, 3.05) is 24.9 Å². The zero-order valence-corrected chi connectivity index (χ0v) is 17.2. The maximum absolute atomic E-state index is 12.1. The van der Waals surface area contributed by atoms with Crippen LogP contribution < -0.4 is 10.6 Å². The van der Waals surface area contributed by atoms with Crippen LogP contribution in [0, 0.1) is 17.0 Å². The van der Waals surface area contributed by atoms with Crippen molar-refractivity contribution in [2.24, 2.45) is 0 Å². The summed E-state index contributed by atoms with van der Waals surface area (Å²) in [6.45, 7) is 1.58. The molecule has 1 heterocycles. The number of carbonyl (C=O) groups excluding carboxylic acids is 2. The molecule has 2 N–H and O–H groups in total. The van der Waals surface area contributed by atoms with E-state index in [1.165, 1.54) is 32.4 Å². The van der Waals surface area contributed by atoms with Crippen LogP contribution in [0.1, 0.15) is 25.6 Å². The minimum Gasteiger partial charge on any atom is -0.465 e.